The Kier molecular flexibility index (Phi) is 14.5. The van der Waals surface area contributed by atoms with Crippen molar-refractivity contribution in [1.29, 1.82) is 0 Å². The summed E-state index contributed by atoms with van der Waals surface area (Å²) in [5.74, 6) is 0. The summed E-state index contributed by atoms with van der Waals surface area (Å²) in [7, 11) is 0. The number of hydrogen-bond acceptors (Lipinski definition) is 6. The summed E-state index contributed by atoms with van der Waals surface area (Å²) in [6.45, 7) is 8.36. The number of fused-ring (bicyclic) bond motifs is 8. The predicted octanol–water partition coefficient (Wildman–Crippen LogP) is 19.6. The van der Waals surface area contributed by atoms with E-state index in [9.17, 15) is 0 Å². The minimum absolute atomic E-state index is 0.813. The van der Waals surface area contributed by atoms with E-state index in [1.807, 2.05) is 24.9 Å². The van der Waals surface area contributed by atoms with Crippen molar-refractivity contribution in [2.24, 2.45) is 20.0 Å². The summed E-state index contributed by atoms with van der Waals surface area (Å²) in [5, 5.41) is 0. The second kappa shape index (κ2) is 23.3. The Hall–Kier alpha value is -11.0. The highest BCUT2D eigenvalue weighted by molar-refractivity contribution is 6.00. The van der Waals surface area contributed by atoms with Crippen molar-refractivity contribution in [1.82, 2.24) is 19.9 Å². The molecule has 8 heteroatoms. The van der Waals surface area contributed by atoms with Crippen LogP contribution in [-0.2, 0) is 0 Å². The number of H-pyrrole nitrogens is 2. The topological polar surface area (TPSA) is 107 Å². The van der Waals surface area contributed by atoms with E-state index >= 15 is 0 Å². The van der Waals surface area contributed by atoms with Gasteiger partial charge in [0.25, 0.3) is 0 Å². The van der Waals surface area contributed by atoms with Crippen LogP contribution in [0.25, 0.3) is 90.9 Å². The second-order valence-electron chi connectivity index (χ2n) is 21.4. The van der Waals surface area contributed by atoms with Gasteiger partial charge in [-0.2, -0.15) is 0 Å². The van der Waals surface area contributed by atoms with Crippen LogP contribution in [0.15, 0.2) is 238 Å². The van der Waals surface area contributed by atoms with Crippen molar-refractivity contribution in [2.45, 2.75) is 27.7 Å². The Labute approximate surface area is 489 Å². The molecule has 0 saturated carbocycles. The average molecular weight is 1080 g/mol. The summed E-state index contributed by atoms with van der Waals surface area (Å²) >= 11 is 0. The molecule has 0 aliphatic carbocycles. The molecule has 8 bridgehead atoms. The standard InChI is InChI=1S/C76H58N8/c1-49-5-13-53(14-6-49)45-77-61-29-21-57(22-30-61)73-65-37-39-67(81-65)74(58-23-31-62(32-24-58)78-46-54-15-7-50(2)8-16-54)69-41-43-71(83-69)76(60-27-35-64(36-28-60)80-48-56-19-11-52(4)12-20-56)72-44-42-70(84-72)75(68-40-38-66(73)82-68)59-25-33-63(34-26-59)79-47-55-17-9-51(3)10-18-55/h5-48,81,84H,1-4H3. The monoisotopic (exact) mass is 1080 g/mol. The van der Waals surface area contributed by atoms with Gasteiger partial charge in [-0.15, -0.1) is 0 Å². The van der Waals surface area contributed by atoms with E-state index in [-0.39, 0.29) is 0 Å². The van der Waals surface area contributed by atoms with Gasteiger partial charge in [0.05, 0.1) is 45.5 Å². The van der Waals surface area contributed by atoms with Crippen molar-refractivity contribution in [3.8, 4) is 44.5 Å². The molecule has 0 amide bonds. The Morgan fingerprint density at radius 1 is 0.250 bits per heavy atom. The third-order valence-corrected chi connectivity index (χ3v) is 15.1. The lowest BCUT2D eigenvalue weighted by atomic mass is 10.0. The molecule has 13 rings (SSSR count). The second-order valence-corrected chi connectivity index (χ2v) is 21.4. The van der Waals surface area contributed by atoms with Crippen LogP contribution in [0.1, 0.15) is 67.3 Å². The molecule has 5 heterocycles. The van der Waals surface area contributed by atoms with Gasteiger partial charge in [0.15, 0.2) is 0 Å². The van der Waals surface area contributed by atoms with Gasteiger partial charge in [-0.1, -0.05) is 168 Å². The maximum atomic E-state index is 5.58. The first-order valence-corrected chi connectivity index (χ1v) is 28.2. The number of aryl methyl sites for hydroxylation is 4. The summed E-state index contributed by atoms with van der Waals surface area (Å²) in [5.41, 5.74) is 27.0. The van der Waals surface area contributed by atoms with Crippen LogP contribution in [0, 0.1) is 27.7 Å². The van der Waals surface area contributed by atoms with Crippen molar-refractivity contribution in [3.05, 3.63) is 286 Å². The van der Waals surface area contributed by atoms with E-state index in [4.69, 9.17) is 29.9 Å². The SMILES string of the molecule is Cc1ccc(C=Nc2ccc(-c3c4nc(c(-c5ccc(N=Cc6ccc(C)cc6)cc5)c5ccc([nH]5)c(-c5ccc(N=Cc6ccc(C)cc6)cc5)c5nc(c(-c6ccc(N=Cc7ccc(C)cc7)cc6)c6ccc3[nH]6)C=C5)C=C4)cc2)cc1. The normalized spacial score (nSPS) is 12.2. The third kappa shape index (κ3) is 11.6. The fourth-order valence-electron chi connectivity index (χ4n) is 10.5. The zero-order chi connectivity index (χ0) is 56.9. The smallest absolute Gasteiger partial charge is 0.0737 e. The van der Waals surface area contributed by atoms with Crippen LogP contribution in [0.4, 0.5) is 22.7 Å². The average Bonchev–Trinajstić information content (AvgIpc) is 3.72. The molecule has 2 aliphatic heterocycles. The largest absolute Gasteiger partial charge is 0.354 e. The molecule has 0 atom stereocenters. The highest BCUT2D eigenvalue weighted by Gasteiger charge is 2.20. The van der Waals surface area contributed by atoms with E-state index in [2.05, 4.69) is 280 Å². The van der Waals surface area contributed by atoms with E-state index in [1.54, 1.807) is 0 Å². The molecular formula is C76H58N8. The van der Waals surface area contributed by atoms with E-state index in [1.165, 1.54) is 22.3 Å². The van der Waals surface area contributed by atoms with E-state index in [0.29, 0.717) is 0 Å². The lowest BCUT2D eigenvalue weighted by Gasteiger charge is -2.08. The lowest BCUT2D eigenvalue weighted by molar-refractivity contribution is 1.31. The van der Waals surface area contributed by atoms with Crippen LogP contribution in [0.5, 0.6) is 0 Å². The number of aromatic amines is 2. The Bertz CT molecular complexity index is 4010. The van der Waals surface area contributed by atoms with Gasteiger partial charge in [0, 0.05) is 69.2 Å². The zero-order valence-corrected chi connectivity index (χ0v) is 47.1. The first kappa shape index (κ1) is 52.4. The van der Waals surface area contributed by atoms with Crippen LogP contribution in [0.2, 0.25) is 0 Å². The highest BCUT2D eigenvalue weighted by Crippen LogP contribution is 2.40. The van der Waals surface area contributed by atoms with Gasteiger partial charge >= 0.3 is 0 Å². The molecule has 8 nitrogen and oxygen atoms in total. The van der Waals surface area contributed by atoms with Crippen molar-refractivity contribution in [2.75, 3.05) is 0 Å². The molecule has 3 aromatic heterocycles. The number of aromatic nitrogens is 4. The first-order chi connectivity index (χ1) is 41.2. The van der Waals surface area contributed by atoms with Crippen molar-refractivity contribution in [3.63, 3.8) is 0 Å². The maximum absolute atomic E-state index is 5.58. The van der Waals surface area contributed by atoms with Crippen LogP contribution in [-0.4, -0.2) is 44.8 Å². The summed E-state index contributed by atoms with van der Waals surface area (Å²) < 4.78 is 0. The number of benzene rings is 8. The fraction of sp³-hybridized carbons (Fsp3) is 0.0526. The number of aliphatic imine (C=N–C) groups is 4. The van der Waals surface area contributed by atoms with Gasteiger partial charge in [-0.05, 0) is 169 Å². The zero-order valence-electron chi connectivity index (χ0n) is 47.1. The van der Waals surface area contributed by atoms with Gasteiger partial charge in [0.1, 0.15) is 0 Å². The molecule has 0 saturated heterocycles. The highest BCUT2D eigenvalue weighted by atomic mass is 14.8. The predicted molar refractivity (Wildman–Crippen MR) is 354 cm³/mol. The molecule has 402 valence electrons. The minimum Gasteiger partial charge on any atom is -0.354 e. The molecule has 2 N–H and O–H groups in total. The van der Waals surface area contributed by atoms with E-state index in [0.717, 1.165) is 134 Å². The first-order valence-electron chi connectivity index (χ1n) is 28.2. The number of rotatable bonds is 12. The molecule has 0 fully saturated rings. The third-order valence-electron chi connectivity index (χ3n) is 15.1. The van der Waals surface area contributed by atoms with Crippen molar-refractivity contribution < 1.29 is 0 Å². The van der Waals surface area contributed by atoms with Gasteiger partial charge in [-0.3, -0.25) is 20.0 Å². The lowest BCUT2D eigenvalue weighted by Crippen LogP contribution is -1.90. The summed E-state index contributed by atoms with van der Waals surface area (Å²) in [4.78, 5) is 38.4. The number of nitrogens with zero attached hydrogens (tertiary/aromatic N) is 6. The Morgan fingerprint density at radius 3 is 0.655 bits per heavy atom. The molecular weight excluding hydrogens is 1020 g/mol. The molecule has 11 aromatic rings. The fourth-order valence-corrected chi connectivity index (χ4v) is 10.5. The molecule has 0 spiro atoms. The van der Waals surface area contributed by atoms with Crippen LogP contribution in [0.3, 0.4) is 0 Å². The summed E-state index contributed by atoms with van der Waals surface area (Å²) in [6.07, 6.45) is 16.1. The quantitative estimate of drug-likeness (QED) is 0.119. The molecule has 0 radical (unpaired) electrons. The van der Waals surface area contributed by atoms with Crippen LogP contribution < -0.4 is 0 Å². The van der Waals surface area contributed by atoms with Gasteiger partial charge in [-0.25, -0.2) is 9.97 Å². The van der Waals surface area contributed by atoms with Crippen molar-refractivity contribution >= 4 is 94.0 Å². The molecule has 0 unspecified atom stereocenters. The number of nitrogens with one attached hydrogen (secondary N) is 2. The minimum atomic E-state index is 0.813. The molecule has 2 aliphatic rings. The van der Waals surface area contributed by atoms with Gasteiger partial charge in [0.2, 0.25) is 0 Å². The maximum Gasteiger partial charge on any atom is 0.0737 e. The van der Waals surface area contributed by atoms with E-state index < -0.39 is 0 Å². The van der Waals surface area contributed by atoms with Crippen LogP contribution >= 0.6 is 0 Å². The van der Waals surface area contributed by atoms with Gasteiger partial charge < -0.3 is 9.97 Å². The Balaban J connectivity index is 1.01. The molecule has 8 aromatic carbocycles. The Morgan fingerprint density at radius 2 is 0.452 bits per heavy atom. The molecule has 84 heavy (non-hydrogen) atoms. The summed E-state index contributed by atoms with van der Waals surface area (Å²) in [6, 6.07) is 75.7. The number of hydrogen-bond donors (Lipinski definition) is 2.